The maximum atomic E-state index is 10.6. The van der Waals surface area contributed by atoms with Crippen molar-refractivity contribution in [3.63, 3.8) is 0 Å². The summed E-state index contributed by atoms with van der Waals surface area (Å²) in [5.74, 6) is 0.844. The second-order valence-corrected chi connectivity index (χ2v) is 7.29. The number of amides is 2. The van der Waals surface area contributed by atoms with Crippen LogP contribution in [0.25, 0.3) is 0 Å². The van der Waals surface area contributed by atoms with E-state index in [9.17, 15) is 9.59 Å². The van der Waals surface area contributed by atoms with E-state index >= 15 is 0 Å². The molecule has 2 aliphatic rings. The number of rotatable bonds is 5. The molecule has 2 rings (SSSR count). The molecular weight excluding hydrogens is 298 g/mol. The van der Waals surface area contributed by atoms with Gasteiger partial charge in [0.2, 0.25) is 12.3 Å². The highest BCUT2D eigenvalue weighted by Gasteiger charge is 2.16. The summed E-state index contributed by atoms with van der Waals surface area (Å²) in [6, 6.07) is 0. The molecule has 0 aromatic heterocycles. The predicted octanol–water partition coefficient (Wildman–Crippen LogP) is 2.18. The zero-order chi connectivity index (χ0) is 16.2. The Balaban J connectivity index is 0.000000220. The van der Waals surface area contributed by atoms with E-state index < -0.39 is 0 Å². The summed E-state index contributed by atoms with van der Waals surface area (Å²) in [4.78, 5) is 22.7. The number of hydrogen-bond donors (Lipinski definition) is 2. The van der Waals surface area contributed by atoms with Crippen LogP contribution in [0.1, 0.15) is 51.9 Å². The average molecular weight is 330 g/mol. The maximum Gasteiger partial charge on any atom is 0.226 e. The third-order valence-corrected chi connectivity index (χ3v) is 5.42. The lowest BCUT2D eigenvalue weighted by Crippen LogP contribution is -2.35. The van der Waals surface area contributed by atoms with E-state index in [0.29, 0.717) is 5.25 Å². The van der Waals surface area contributed by atoms with E-state index in [0.717, 1.165) is 44.8 Å². The van der Waals surface area contributed by atoms with Gasteiger partial charge in [-0.05, 0) is 57.1 Å². The van der Waals surface area contributed by atoms with E-state index in [-0.39, 0.29) is 5.91 Å². The SMILES string of the molecule is CC(=O)NSC1CCCCC1.CNCC1CCN(C=O)CC1. The molecule has 0 bridgehead atoms. The predicted molar refractivity (Wildman–Crippen MR) is 92.6 cm³/mol. The molecule has 0 radical (unpaired) electrons. The Morgan fingerprint density at radius 3 is 2.32 bits per heavy atom. The monoisotopic (exact) mass is 329 g/mol. The Morgan fingerprint density at radius 2 is 1.82 bits per heavy atom. The first kappa shape index (κ1) is 19.3. The van der Waals surface area contributed by atoms with Crippen molar-refractivity contribution in [3.8, 4) is 0 Å². The highest BCUT2D eigenvalue weighted by atomic mass is 32.2. The number of nitrogens with one attached hydrogen (secondary N) is 2. The van der Waals surface area contributed by atoms with Crippen molar-refractivity contribution in [1.82, 2.24) is 14.9 Å². The quantitative estimate of drug-likeness (QED) is 0.599. The van der Waals surface area contributed by atoms with Gasteiger partial charge in [0.1, 0.15) is 0 Å². The summed E-state index contributed by atoms with van der Waals surface area (Å²) in [6.07, 6.45) is 9.83. The van der Waals surface area contributed by atoms with Crippen LogP contribution in [0.4, 0.5) is 0 Å². The molecule has 22 heavy (non-hydrogen) atoms. The summed E-state index contributed by atoms with van der Waals surface area (Å²) in [6.45, 7) is 4.54. The Hall–Kier alpha value is -0.750. The summed E-state index contributed by atoms with van der Waals surface area (Å²) < 4.78 is 2.79. The van der Waals surface area contributed by atoms with Crippen LogP contribution in [-0.2, 0) is 9.59 Å². The van der Waals surface area contributed by atoms with Crippen molar-refractivity contribution in [1.29, 1.82) is 0 Å². The van der Waals surface area contributed by atoms with Crippen LogP contribution in [0.15, 0.2) is 0 Å². The van der Waals surface area contributed by atoms with Gasteiger partial charge in [0.25, 0.3) is 0 Å². The van der Waals surface area contributed by atoms with Gasteiger partial charge in [0.15, 0.2) is 0 Å². The summed E-state index contributed by atoms with van der Waals surface area (Å²) >= 11 is 1.61. The molecule has 1 saturated carbocycles. The van der Waals surface area contributed by atoms with Crippen molar-refractivity contribution >= 4 is 24.3 Å². The van der Waals surface area contributed by atoms with E-state index in [1.165, 1.54) is 32.1 Å². The van der Waals surface area contributed by atoms with Crippen molar-refractivity contribution in [2.24, 2.45) is 5.92 Å². The highest BCUT2D eigenvalue weighted by molar-refractivity contribution is 7.98. The fourth-order valence-corrected chi connectivity index (χ4v) is 3.80. The average Bonchev–Trinajstić information content (AvgIpc) is 2.55. The van der Waals surface area contributed by atoms with Crippen LogP contribution in [0.3, 0.4) is 0 Å². The van der Waals surface area contributed by atoms with Gasteiger partial charge in [-0.1, -0.05) is 19.3 Å². The summed E-state index contributed by atoms with van der Waals surface area (Å²) in [7, 11) is 1.98. The number of carbonyl (C=O) groups is 2. The molecule has 1 saturated heterocycles. The number of hydrogen-bond acceptors (Lipinski definition) is 4. The first-order chi connectivity index (χ1) is 10.7. The standard InChI is InChI=1S/C8H16N2O.C8H15NOS/c1-9-6-8-2-4-10(7-11)5-3-8;1-7(10)9-11-8-5-3-2-4-6-8/h7-9H,2-6H2,1H3;8H,2-6H2,1H3,(H,9,10). The first-order valence-electron chi connectivity index (χ1n) is 8.42. The summed E-state index contributed by atoms with van der Waals surface area (Å²) in [5.41, 5.74) is 0. The molecule has 2 N–H and O–H groups in total. The van der Waals surface area contributed by atoms with E-state index in [1.807, 2.05) is 11.9 Å². The van der Waals surface area contributed by atoms with Crippen molar-refractivity contribution in [3.05, 3.63) is 0 Å². The lowest BCUT2D eigenvalue weighted by Gasteiger charge is -2.28. The normalized spacial score (nSPS) is 20.0. The third kappa shape index (κ3) is 8.63. The second-order valence-electron chi connectivity index (χ2n) is 6.18. The number of likely N-dealkylation sites (tertiary alicyclic amines) is 1. The molecule has 1 aliphatic heterocycles. The molecule has 128 valence electrons. The van der Waals surface area contributed by atoms with Gasteiger partial charge in [0.05, 0.1) is 0 Å². The van der Waals surface area contributed by atoms with Crippen molar-refractivity contribution in [2.75, 3.05) is 26.7 Å². The minimum atomic E-state index is 0.0700. The lowest BCUT2D eigenvalue weighted by molar-refractivity contribution is -0.119. The molecule has 0 spiro atoms. The van der Waals surface area contributed by atoms with Crippen molar-refractivity contribution in [2.45, 2.75) is 57.1 Å². The minimum absolute atomic E-state index is 0.0700. The van der Waals surface area contributed by atoms with Crippen LogP contribution in [0.2, 0.25) is 0 Å². The van der Waals surface area contributed by atoms with Crippen LogP contribution in [0.5, 0.6) is 0 Å². The van der Waals surface area contributed by atoms with Gasteiger partial charge in [-0.15, -0.1) is 0 Å². The molecule has 0 aromatic rings. The van der Waals surface area contributed by atoms with Crippen LogP contribution >= 0.6 is 11.9 Å². The Morgan fingerprint density at radius 1 is 1.18 bits per heavy atom. The van der Waals surface area contributed by atoms with Crippen LogP contribution < -0.4 is 10.0 Å². The number of nitrogens with zero attached hydrogens (tertiary/aromatic N) is 1. The van der Waals surface area contributed by atoms with Gasteiger partial charge >= 0.3 is 0 Å². The topological polar surface area (TPSA) is 61.4 Å². The Labute approximate surface area is 139 Å². The van der Waals surface area contributed by atoms with Crippen LogP contribution in [0, 0.1) is 5.92 Å². The number of piperidine rings is 1. The summed E-state index contributed by atoms with van der Waals surface area (Å²) in [5, 5.41) is 3.84. The fraction of sp³-hybridized carbons (Fsp3) is 0.875. The van der Waals surface area contributed by atoms with Gasteiger partial charge < -0.3 is 14.9 Å². The molecule has 2 amide bonds. The Bertz CT molecular complexity index is 315. The van der Waals surface area contributed by atoms with Crippen molar-refractivity contribution < 1.29 is 9.59 Å². The molecular formula is C16H31N3O2S. The first-order valence-corrected chi connectivity index (χ1v) is 9.29. The molecule has 1 aliphatic carbocycles. The Kier molecular flexibility index (Phi) is 10.3. The highest BCUT2D eigenvalue weighted by Crippen LogP contribution is 2.26. The van der Waals surface area contributed by atoms with E-state index in [4.69, 9.17) is 0 Å². The molecule has 1 heterocycles. The molecule has 0 atom stereocenters. The van der Waals surface area contributed by atoms with Gasteiger partial charge in [-0.3, -0.25) is 9.59 Å². The smallest absolute Gasteiger partial charge is 0.226 e. The van der Waals surface area contributed by atoms with Gasteiger partial charge in [-0.2, -0.15) is 0 Å². The lowest BCUT2D eigenvalue weighted by atomic mass is 9.97. The molecule has 5 nitrogen and oxygen atoms in total. The molecule has 0 aromatic carbocycles. The fourth-order valence-electron chi connectivity index (χ4n) is 2.90. The van der Waals surface area contributed by atoms with Crippen LogP contribution in [-0.4, -0.2) is 49.1 Å². The largest absolute Gasteiger partial charge is 0.345 e. The van der Waals surface area contributed by atoms with Gasteiger partial charge in [0, 0.05) is 25.3 Å². The molecule has 0 unspecified atom stereocenters. The second kappa shape index (κ2) is 11.8. The van der Waals surface area contributed by atoms with E-state index in [1.54, 1.807) is 18.9 Å². The third-order valence-electron chi connectivity index (χ3n) is 4.21. The molecule has 2 fully saturated rings. The zero-order valence-corrected chi connectivity index (χ0v) is 14.8. The minimum Gasteiger partial charge on any atom is -0.345 e. The molecule has 6 heteroatoms. The van der Waals surface area contributed by atoms with E-state index in [2.05, 4.69) is 10.0 Å². The van der Waals surface area contributed by atoms with Gasteiger partial charge in [-0.25, -0.2) is 0 Å². The zero-order valence-electron chi connectivity index (χ0n) is 14.0. The number of carbonyl (C=O) groups excluding carboxylic acids is 2. The maximum absolute atomic E-state index is 10.6.